The second-order valence-corrected chi connectivity index (χ2v) is 10.3. The highest BCUT2D eigenvalue weighted by Crippen LogP contribution is 2.34. The number of likely N-dealkylation sites (tertiary alicyclic amines) is 1. The third kappa shape index (κ3) is 5.31. The first-order valence-corrected chi connectivity index (χ1v) is 12.7. The van der Waals surface area contributed by atoms with Crippen molar-refractivity contribution in [2.24, 2.45) is 0 Å². The van der Waals surface area contributed by atoms with Gasteiger partial charge in [0, 0.05) is 30.1 Å². The molecular formula is C26H27Cl2FN4O3. The van der Waals surface area contributed by atoms with Crippen molar-refractivity contribution in [2.75, 3.05) is 31.1 Å². The molecule has 2 fully saturated rings. The quantitative estimate of drug-likeness (QED) is 0.442. The summed E-state index contributed by atoms with van der Waals surface area (Å²) >= 11 is 12.3. The van der Waals surface area contributed by atoms with Crippen LogP contribution in [0.1, 0.15) is 36.9 Å². The van der Waals surface area contributed by atoms with E-state index in [9.17, 15) is 9.59 Å². The van der Waals surface area contributed by atoms with Crippen LogP contribution in [0.5, 0.6) is 0 Å². The van der Waals surface area contributed by atoms with Crippen LogP contribution in [0, 0.1) is 5.82 Å². The van der Waals surface area contributed by atoms with Gasteiger partial charge in [-0.1, -0.05) is 29.3 Å². The number of rotatable bonds is 6. The Morgan fingerprint density at radius 2 is 1.92 bits per heavy atom. The van der Waals surface area contributed by atoms with Gasteiger partial charge in [-0.3, -0.25) is 14.6 Å². The first-order chi connectivity index (χ1) is 17.3. The number of halogens is 3. The largest absolute Gasteiger partial charge is 0.442 e. The monoisotopic (exact) mass is 532 g/mol. The van der Waals surface area contributed by atoms with E-state index in [4.69, 9.17) is 27.9 Å². The normalized spacial score (nSPS) is 19.2. The zero-order chi connectivity index (χ0) is 25.4. The molecule has 0 spiro atoms. The van der Waals surface area contributed by atoms with Gasteiger partial charge >= 0.3 is 6.09 Å². The lowest BCUT2D eigenvalue weighted by atomic mass is 9.89. The van der Waals surface area contributed by atoms with E-state index in [0.717, 1.165) is 49.1 Å². The highest BCUT2D eigenvalue weighted by Gasteiger charge is 2.33. The predicted octanol–water partition coefficient (Wildman–Crippen LogP) is 5.45. The fourth-order valence-electron chi connectivity index (χ4n) is 5.03. The molecule has 1 aromatic heterocycles. The van der Waals surface area contributed by atoms with Crippen LogP contribution in [-0.2, 0) is 16.1 Å². The van der Waals surface area contributed by atoms with Gasteiger partial charge < -0.3 is 15.0 Å². The number of ether oxygens (including phenoxy) is 1. The molecular weight excluding hydrogens is 506 g/mol. The number of nitrogens with one attached hydrogen (secondary N) is 2. The van der Waals surface area contributed by atoms with Crippen LogP contribution in [0.2, 0.25) is 10.0 Å². The number of fused-ring (bicyclic) bond motifs is 1. The van der Waals surface area contributed by atoms with Crippen LogP contribution >= 0.6 is 23.2 Å². The van der Waals surface area contributed by atoms with Gasteiger partial charge in [0.15, 0.2) is 0 Å². The molecule has 2 amide bonds. The van der Waals surface area contributed by atoms with Crippen molar-refractivity contribution < 1.29 is 18.7 Å². The van der Waals surface area contributed by atoms with Crippen molar-refractivity contribution in [3.05, 3.63) is 63.5 Å². The summed E-state index contributed by atoms with van der Waals surface area (Å²) in [4.78, 5) is 30.5. The van der Waals surface area contributed by atoms with Gasteiger partial charge in [0.1, 0.15) is 11.9 Å². The number of piperidine rings is 1. The van der Waals surface area contributed by atoms with E-state index in [2.05, 4.69) is 21.3 Å². The second-order valence-electron chi connectivity index (χ2n) is 9.46. The van der Waals surface area contributed by atoms with Crippen molar-refractivity contribution in [1.29, 1.82) is 0 Å². The molecule has 10 heteroatoms. The van der Waals surface area contributed by atoms with E-state index >= 15 is 4.39 Å². The Labute approximate surface area is 218 Å². The van der Waals surface area contributed by atoms with Crippen molar-refractivity contribution in [1.82, 2.24) is 15.2 Å². The molecule has 7 nitrogen and oxygen atoms in total. The molecule has 2 aliphatic heterocycles. The van der Waals surface area contributed by atoms with Gasteiger partial charge in [-0.2, -0.15) is 0 Å². The number of H-pyrrole nitrogens is 1. The van der Waals surface area contributed by atoms with E-state index in [1.807, 2.05) is 12.1 Å². The second kappa shape index (κ2) is 10.3. The number of aromatic nitrogens is 1. The molecule has 5 rings (SSSR count). The molecule has 0 aliphatic carbocycles. The Balaban J connectivity index is 1.18. The summed E-state index contributed by atoms with van der Waals surface area (Å²) in [5, 5.41) is 4.73. The summed E-state index contributed by atoms with van der Waals surface area (Å²) in [5.74, 6) is -0.385. The number of cyclic esters (lactones) is 1. The van der Waals surface area contributed by atoms with Gasteiger partial charge in [0.25, 0.3) is 0 Å². The summed E-state index contributed by atoms with van der Waals surface area (Å²) in [5.41, 5.74) is 3.19. The minimum atomic E-state index is -0.535. The highest BCUT2D eigenvalue weighted by atomic mass is 35.5. The number of hydrogen-bond donors (Lipinski definition) is 2. The summed E-state index contributed by atoms with van der Waals surface area (Å²) in [7, 11) is 0. The third-order valence-electron chi connectivity index (χ3n) is 6.89. The first-order valence-electron chi connectivity index (χ1n) is 12.0. The molecule has 3 heterocycles. The molecule has 2 N–H and O–H groups in total. The standard InChI is InChI=1S/C26H27Cl2FN4O3/c1-15(34)30-12-20-14-33(26(35)36-20)19-2-3-21(24(29)10-19)16-4-6-32(7-5-16)13-18-8-17-9-22(27)23(28)11-25(17)31-18/h2-3,8-11,16,20,31H,4-7,12-14H2,1H3,(H,30,34)/t20-/m0/s1. The minimum Gasteiger partial charge on any atom is -0.442 e. The number of hydrogen-bond acceptors (Lipinski definition) is 4. The summed E-state index contributed by atoms with van der Waals surface area (Å²) in [6, 6.07) is 10.8. The van der Waals surface area contributed by atoms with Gasteiger partial charge in [-0.15, -0.1) is 0 Å². The van der Waals surface area contributed by atoms with Gasteiger partial charge in [0.05, 0.1) is 28.8 Å². The lowest BCUT2D eigenvalue weighted by Gasteiger charge is -2.32. The van der Waals surface area contributed by atoms with Crippen molar-refractivity contribution >= 4 is 51.8 Å². The number of carbonyl (C=O) groups is 2. The predicted molar refractivity (Wildman–Crippen MR) is 138 cm³/mol. The van der Waals surface area contributed by atoms with Crippen LogP contribution in [0.25, 0.3) is 10.9 Å². The molecule has 0 unspecified atom stereocenters. The van der Waals surface area contributed by atoms with E-state index in [1.165, 1.54) is 17.9 Å². The van der Waals surface area contributed by atoms with E-state index in [1.54, 1.807) is 12.1 Å². The maximum atomic E-state index is 15.1. The third-order valence-corrected chi connectivity index (χ3v) is 7.61. The Bertz CT molecular complexity index is 1270. The van der Waals surface area contributed by atoms with Crippen LogP contribution in [-0.4, -0.2) is 54.2 Å². The molecule has 2 aromatic carbocycles. The summed E-state index contributed by atoms with van der Waals surface area (Å²) in [6.07, 6.45) is 0.698. The topological polar surface area (TPSA) is 77.7 Å². The lowest BCUT2D eigenvalue weighted by Crippen LogP contribution is -2.33. The molecule has 0 saturated carbocycles. The van der Waals surface area contributed by atoms with Crippen LogP contribution in [0.4, 0.5) is 14.9 Å². The Kier molecular flexibility index (Phi) is 7.10. The van der Waals surface area contributed by atoms with Crippen molar-refractivity contribution in [2.45, 2.75) is 38.3 Å². The average Bonchev–Trinajstić information content (AvgIpc) is 3.40. The van der Waals surface area contributed by atoms with Gasteiger partial charge in [-0.25, -0.2) is 9.18 Å². The minimum absolute atomic E-state index is 0.119. The van der Waals surface area contributed by atoms with E-state index in [-0.39, 0.29) is 30.7 Å². The summed E-state index contributed by atoms with van der Waals surface area (Å²) < 4.78 is 20.4. The van der Waals surface area contributed by atoms with Gasteiger partial charge in [0.2, 0.25) is 5.91 Å². The van der Waals surface area contributed by atoms with Gasteiger partial charge in [-0.05, 0) is 67.7 Å². The fraction of sp³-hybridized carbons (Fsp3) is 0.385. The Hall–Kier alpha value is -2.81. The fourth-order valence-corrected chi connectivity index (χ4v) is 5.36. The van der Waals surface area contributed by atoms with Crippen molar-refractivity contribution in [3.63, 3.8) is 0 Å². The molecule has 1 atom stereocenters. The molecule has 190 valence electrons. The van der Waals surface area contributed by atoms with Crippen LogP contribution in [0.15, 0.2) is 36.4 Å². The molecule has 0 bridgehead atoms. The Morgan fingerprint density at radius 3 is 2.64 bits per heavy atom. The smallest absolute Gasteiger partial charge is 0.414 e. The first kappa shape index (κ1) is 24.9. The number of amides is 2. The van der Waals surface area contributed by atoms with Crippen molar-refractivity contribution in [3.8, 4) is 0 Å². The lowest BCUT2D eigenvalue weighted by molar-refractivity contribution is -0.119. The number of anilines is 1. The molecule has 36 heavy (non-hydrogen) atoms. The van der Waals surface area contributed by atoms with E-state index < -0.39 is 12.2 Å². The molecule has 2 aliphatic rings. The zero-order valence-electron chi connectivity index (χ0n) is 19.8. The molecule has 0 radical (unpaired) electrons. The SMILES string of the molecule is CC(=O)NC[C@H]1CN(c2ccc(C3CCN(Cc4cc5cc(Cl)c(Cl)cc5[nH]4)CC3)c(F)c2)C(=O)O1. The number of aromatic amines is 1. The number of carbonyl (C=O) groups excluding carboxylic acids is 2. The maximum Gasteiger partial charge on any atom is 0.414 e. The maximum absolute atomic E-state index is 15.1. The highest BCUT2D eigenvalue weighted by molar-refractivity contribution is 6.42. The van der Waals surface area contributed by atoms with Crippen LogP contribution in [0.3, 0.4) is 0 Å². The zero-order valence-corrected chi connectivity index (χ0v) is 21.3. The van der Waals surface area contributed by atoms with E-state index in [0.29, 0.717) is 21.3 Å². The van der Waals surface area contributed by atoms with Crippen LogP contribution < -0.4 is 10.2 Å². The average molecular weight is 533 g/mol. The molecule has 3 aromatic rings. The molecule has 2 saturated heterocycles. The Morgan fingerprint density at radius 1 is 1.17 bits per heavy atom. The number of nitrogens with zero attached hydrogens (tertiary/aromatic N) is 2. The summed E-state index contributed by atoms with van der Waals surface area (Å²) in [6.45, 7) is 4.38. The number of benzene rings is 2.